The molecular formula is C14H12BrFN2O2. The van der Waals surface area contributed by atoms with E-state index in [0.717, 1.165) is 5.56 Å². The van der Waals surface area contributed by atoms with Crippen LogP contribution in [0.25, 0.3) is 0 Å². The fourth-order valence-electron chi connectivity index (χ4n) is 2.29. The SMILES string of the molecule is Cc1ncn(CC2Cc3cc(F)ccc3O2)c(=O)c1Br. The van der Waals surface area contributed by atoms with E-state index in [1.165, 1.54) is 23.0 Å². The second-order valence-corrected chi connectivity index (χ2v) is 5.59. The van der Waals surface area contributed by atoms with Crippen LogP contribution in [-0.4, -0.2) is 15.7 Å². The van der Waals surface area contributed by atoms with Gasteiger partial charge in [0.05, 0.1) is 18.6 Å². The Hall–Kier alpha value is -1.69. The van der Waals surface area contributed by atoms with E-state index < -0.39 is 0 Å². The monoisotopic (exact) mass is 338 g/mol. The number of hydrogen-bond acceptors (Lipinski definition) is 3. The highest BCUT2D eigenvalue weighted by atomic mass is 79.9. The van der Waals surface area contributed by atoms with Gasteiger partial charge in [0.15, 0.2) is 0 Å². The lowest BCUT2D eigenvalue weighted by atomic mass is 10.1. The summed E-state index contributed by atoms with van der Waals surface area (Å²) in [6.07, 6.45) is 1.92. The summed E-state index contributed by atoms with van der Waals surface area (Å²) in [6.45, 7) is 2.15. The smallest absolute Gasteiger partial charge is 0.268 e. The molecule has 0 saturated heterocycles. The van der Waals surface area contributed by atoms with Gasteiger partial charge in [-0.2, -0.15) is 0 Å². The Balaban J connectivity index is 1.82. The first-order valence-electron chi connectivity index (χ1n) is 6.21. The van der Waals surface area contributed by atoms with Crippen LogP contribution in [0.2, 0.25) is 0 Å². The molecule has 1 aliphatic heterocycles. The van der Waals surface area contributed by atoms with E-state index in [2.05, 4.69) is 20.9 Å². The average Bonchev–Trinajstić information content (AvgIpc) is 2.81. The van der Waals surface area contributed by atoms with Crippen LogP contribution in [0.4, 0.5) is 4.39 Å². The van der Waals surface area contributed by atoms with Crippen molar-refractivity contribution in [2.24, 2.45) is 0 Å². The Kier molecular flexibility index (Phi) is 3.33. The summed E-state index contributed by atoms with van der Waals surface area (Å²) in [7, 11) is 0. The van der Waals surface area contributed by atoms with Gasteiger partial charge in [0.2, 0.25) is 0 Å². The summed E-state index contributed by atoms with van der Waals surface area (Å²) in [5.41, 5.74) is 1.36. The Labute approximate surface area is 123 Å². The molecule has 1 atom stereocenters. The molecule has 0 amide bonds. The number of aromatic nitrogens is 2. The lowest BCUT2D eigenvalue weighted by molar-refractivity contribution is 0.206. The topological polar surface area (TPSA) is 44.1 Å². The maximum absolute atomic E-state index is 13.2. The lowest BCUT2D eigenvalue weighted by Crippen LogP contribution is -2.30. The molecule has 0 aliphatic carbocycles. The molecule has 104 valence electrons. The van der Waals surface area contributed by atoms with Gasteiger partial charge in [-0.15, -0.1) is 0 Å². The minimum Gasteiger partial charge on any atom is -0.488 e. The number of ether oxygens (including phenoxy) is 1. The standard InChI is InChI=1S/C14H12BrFN2O2/c1-8-13(15)14(19)18(7-17-8)6-11-5-9-4-10(16)2-3-12(9)20-11/h2-4,7,11H,5-6H2,1H3. The Morgan fingerprint density at radius 2 is 2.35 bits per heavy atom. The van der Waals surface area contributed by atoms with Gasteiger partial charge in [-0.25, -0.2) is 9.37 Å². The van der Waals surface area contributed by atoms with E-state index in [4.69, 9.17) is 4.74 Å². The van der Waals surface area contributed by atoms with E-state index in [0.29, 0.717) is 28.9 Å². The summed E-state index contributed by atoms with van der Waals surface area (Å²) < 4.78 is 20.8. The van der Waals surface area contributed by atoms with Crippen molar-refractivity contribution in [2.45, 2.75) is 26.0 Å². The van der Waals surface area contributed by atoms with Gasteiger partial charge in [-0.1, -0.05) is 0 Å². The number of aryl methyl sites for hydroxylation is 1. The second-order valence-electron chi connectivity index (χ2n) is 4.80. The van der Waals surface area contributed by atoms with Crippen molar-refractivity contribution >= 4 is 15.9 Å². The molecule has 2 heterocycles. The minimum absolute atomic E-state index is 0.136. The van der Waals surface area contributed by atoms with Crippen molar-refractivity contribution in [2.75, 3.05) is 0 Å². The third-order valence-corrected chi connectivity index (χ3v) is 4.23. The first-order chi connectivity index (χ1) is 9.54. The maximum atomic E-state index is 13.2. The highest BCUT2D eigenvalue weighted by Crippen LogP contribution is 2.29. The van der Waals surface area contributed by atoms with Crippen molar-refractivity contribution in [3.8, 4) is 5.75 Å². The third-order valence-electron chi connectivity index (χ3n) is 3.32. The molecule has 0 bridgehead atoms. The highest BCUT2D eigenvalue weighted by molar-refractivity contribution is 9.10. The summed E-state index contributed by atoms with van der Waals surface area (Å²) in [4.78, 5) is 16.2. The van der Waals surface area contributed by atoms with Crippen molar-refractivity contribution in [3.05, 3.63) is 56.4 Å². The fourth-order valence-corrected chi connectivity index (χ4v) is 2.62. The van der Waals surface area contributed by atoms with Crippen LogP contribution in [0.3, 0.4) is 0 Å². The molecule has 6 heteroatoms. The highest BCUT2D eigenvalue weighted by Gasteiger charge is 2.24. The van der Waals surface area contributed by atoms with Crippen molar-refractivity contribution in [1.29, 1.82) is 0 Å². The largest absolute Gasteiger partial charge is 0.488 e. The molecule has 20 heavy (non-hydrogen) atoms. The molecule has 0 saturated carbocycles. The average molecular weight is 339 g/mol. The van der Waals surface area contributed by atoms with Gasteiger partial charge < -0.3 is 4.74 Å². The van der Waals surface area contributed by atoms with E-state index in [1.54, 1.807) is 13.0 Å². The first-order valence-corrected chi connectivity index (χ1v) is 7.00. The van der Waals surface area contributed by atoms with Gasteiger partial charge in [-0.05, 0) is 41.1 Å². The number of rotatable bonds is 2. The molecule has 1 aromatic carbocycles. The molecule has 1 aliphatic rings. The zero-order valence-corrected chi connectivity index (χ0v) is 12.4. The van der Waals surface area contributed by atoms with E-state index in [-0.39, 0.29) is 17.5 Å². The van der Waals surface area contributed by atoms with E-state index in [1.807, 2.05) is 0 Å². The van der Waals surface area contributed by atoms with Crippen LogP contribution < -0.4 is 10.3 Å². The molecule has 3 rings (SSSR count). The van der Waals surface area contributed by atoms with Crippen LogP contribution in [0.5, 0.6) is 5.75 Å². The fraction of sp³-hybridized carbons (Fsp3) is 0.286. The third kappa shape index (κ3) is 2.35. The summed E-state index contributed by atoms with van der Waals surface area (Å²) in [5.74, 6) is 0.411. The first kappa shape index (κ1) is 13.3. The van der Waals surface area contributed by atoms with E-state index >= 15 is 0 Å². The molecule has 0 spiro atoms. The van der Waals surface area contributed by atoms with Crippen LogP contribution in [-0.2, 0) is 13.0 Å². The lowest BCUT2D eigenvalue weighted by Gasteiger charge is -2.13. The molecule has 2 aromatic rings. The molecule has 0 radical (unpaired) electrons. The molecule has 1 aromatic heterocycles. The Morgan fingerprint density at radius 3 is 3.15 bits per heavy atom. The number of fused-ring (bicyclic) bond motifs is 1. The zero-order chi connectivity index (χ0) is 14.3. The van der Waals surface area contributed by atoms with Gasteiger partial charge >= 0.3 is 0 Å². The predicted molar refractivity (Wildman–Crippen MR) is 75.5 cm³/mol. The van der Waals surface area contributed by atoms with Crippen molar-refractivity contribution < 1.29 is 9.13 Å². The normalized spacial score (nSPS) is 16.9. The number of benzene rings is 1. The second kappa shape index (κ2) is 5.01. The van der Waals surface area contributed by atoms with Crippen LogP contribution in [0.1, 0.15) is 11.3 Å². The van der Waals surface area contributed by atoms with Crippen molar-refractivity contribution in [3.63, 3.8) is 0 Å². The maximum Gasteiger partial charge on any atom is 0.268 e. The molecule has 0 N–H and O–H groups in total. The molecular weight excluding hydrogens is 327 g/mol. The molecule has 4 nitrogen and oxygen atoms in total. The van der Waals surface area contributed by atoms with Gasteiger partial charge in [0.25, 0.3) is 5.56 Å². The molecule has 0 fully saturated rings. The van der Waals surface area contributed by atoms with Crippen LogP contribution in [0.15, 0.2) is 33.8 Å². The Bertz CT molecular complexity index is 730. The number of nitrogens with zero attached hydrogens (tertiary/aromatic N) is 2. The Morgan fingerprint density at radius 1 is 1.55 bits per heavy atom. The number of halogens is 2. The quantitative estimate of drug-likeness (QED) is 0.844. The van der Waals surface area contributed by atoms with Crippen LogP contribution >= 0.6 is 15.9 Å². The van der Waals surface area contributed by atoms with E-state index in [9.17, 15) is 9.18 Å². The summed E-state index contributed by atoms with van der Waals surface area (Å²) in [5, 5.41) is 0. The summed E-state index contributed by atoms with van der Waals surface area (Å²) >= 11 is 3.23. The predicted octanol–water partition coefficient (Wildman–Crippen LogP) is 2.46. The minimum atomic E-state index is -0.273. The van der Waals surface area contributed by atoms with Gasteiger partial charge in [0, 0.05) is 12.0 Å². The summed E-state index contributed by atoms with van der Waals surface area (Å²) in [6, 6.07) is 4.47. The number of hydrogen-bond donors (Lipinski definition) is 0. The van der Waals surface area contributed by atoms with Crippen LogP contribution in [0, 0.1) is 12.7 Å². The van der Waals surface area contributed by atoms with Gasteiger partial charge in [-0.3, -0.25) is 9.36 Å². The van der Waals surface area contributed by atoms with Crippen molar-refractivity contribution in [1.82, 2.24) is 9.55 Å². The zero-order valence-electron chi connectivity index (χ0n) is 10.8. The molecule has 1 unspecified atom stereocenters. The van der Waals surface area contributed by atoms with Gasteiger partial charge in [0.1, 0.15) is 22.1 Å².